The Morgan fingerprint density at radius 1 is 1.17 bits per heavy atom. The lowest BCUT2D eigenvalue weighted by Gasteiger charge is -2.14. The zero-order valence-corrected chi connectivity index (χ0v) is 12.4. The van der Waals surface area contributed by atoms with Gasteiger partial charge in [-0.2, -0.15) is 0 Å². The van der Waals surface area contributed by atoms with Gasteiger partial charge in [-0.1, -0.05) is 34.6 Å². The Bertz CT molecular complexity index is 359. The lowest BCUT2D eigenvalue weighted by atomic mass is 10.1. The van der Waals surface area contributed by atoms with Crippen LogP contribution in [0.4, 0.5) is 5.82 Å². The molecule has 0 saturated carbocycles. The van der Waals surface area contributed by atoms with Crippen LogP contribution in [-0.2, 0) is 6.54 Å². The normalized spacial score (nSPS) is 11.3. The Morgan fingerprint density at radius 2 is 1.89 bits per heavy atom. The molecule has 0 saturated heterocycles. The van der Waals surface area contributed by atoms with Crippen molar-refractivity contribution in [1.29, 1.82) is 0 Å². The van der Waals surface area contributed by atoms with Crippen LogP contribution in [0.2, 0.25) is 0 Å². The third-order valence-corrected chi connectivity index (χ3v) is 2.77. The molecule has 0 bridgehead atoms. The summed E-state index contributed by atoms with van der Waals surface area (Å²) in [7, 11) is 0. The summed E-state index contributed by atoms with van der Waals surface area (Å²) in [5.74, 6) is 2.10. The summed E-state index contributed by atoms with van der Waals surface area (Å²) in [5.41, 5.74) is 2.47. The molecule has 2 N–H and O–H groups in total. The monoisotopic (exact) mass is 249 g/mol. The van der Waals surface area contributed by atoms with Gasteiger partial charge in [0.2, 0.25) is 0 Å². The van der Waals surface area contributed by atoms with Gasteiger partial charge in [0.15, 0.2) is 0 Å². The Labute approximate surface area is 111 Å². The molecule has 0 aliphatic heterocycles. The zero-order valence-electron chi connectivity index (χ0n) is 12.4. The number of rotatable bonds is 7. The summed E-state index contributed by atoms with van der Waals surface area (Å²) < 4.78 is 0. The second kappa shape index (κ2) is 7.37. The number of pyridine rings is 1. The van der Waals surface area contributed by atoms with Gasteiger partial charge in [-0.05, 0) is 36.1 Å². The van der Waals surface area contributed by atoms with E-state index in [-0.39, 0.29) is 0 Å². The van der Waals surface area contributed by atoms with Crippen LogP contribution in [0.25, 0.3) is 0 Å². The predicted octanol–water partition coefficient (Wildman–Crippen LogP) is 3.38. The molecule has 3 nitrogen and oxygen atoms in total. The molecule has 3 heteroatoms. The number of hydrogen-bond acceptors (Lipinski definition) is 3. The van der Waals surface area contributed by atoms with Crippen molar-refractivity contribution in [3.8, 4) is 0 Å². The molecule has 0 aliphatic rings. The molecule has 1 aromatic heterocycles. The first-order valence-electron chi connectivity index (χ1n) is 6.98. The summed E-state index contributed by atoms with van der Waals surface area (Å²) in [5, 5.41) is 6.78. The molecule has 0 radical (unpaired) electrons. The van der Waals surface area contributed by atoms with Crippen molar-refractivity contribution >= 4 is 5.82 Å². The van der Waals surface area contributed by atoms with Crippen LogP contribution in [0.1, 0.15) is 51.8 Å². The van der Waals surface area contributed by atoms with E-state index in [4.69, 9.17) is 0 Å². The van der Waals surface area contributed by atoms with Crippen molar-refractivity contribution in [2.45, 2.75) is 47.1 Å². The van der Waals surface area contributed by atoms with Gasteiger partial charge in [0.25, 0.3) is 0 Å². The van der Waals surface area contributed by atoms with Gasteiger partial charge in [-0.3, -0.25) is 0 Å². The molecule has 1 rings (SSSR count). The van der Waals surface area contributed by atoms with Crippen LogP contribution in [0.5, 0.6) is 0 Å². The van der Waals surface area contributed by atoms with E-state index in [1.165, 1.54) is 5.56 Å². The summed E-state index contributed by atoms with van der Waals surface area (Å²) in [6, 6.07) is 4.35. The molecule has 0 atom stereocenters. The van der Waals surface area contributed by atoms with Crippen molar-refractivity contribution < 1.29 is 0 Å². The summed E-state index contributed by atoms with van der Waals surface area (Å²) >= 11 is 0. The highest BCUT2D eigenvalue weighted by molar-refractivity contribution is 5.40. The van der Waals surface area contributed by atoms with E-state index in [0.29, 0.717) is 11.8 Å². The fourth-order valence-corrected chi connectivity index (χ4v) is 1.68. The van der Waals surface area contributed by atoms with E-state index in [2.05, 4.69) is 62.4 Å². The average molecular weight is 249 g/mol. The molecule has 18 heavy (non-hydrogen) atoms. The number of nitrogens with zero attached hydrogens (tertiary/aromatic N) is 1. The topological polar surface area (TPSA) is 37.0 Å². The Morgan fingerprint density at radius 3 is 2.44 bits per heavy atom. The van der Waals surface area contributed by atoms with Gasteiger partial charge in [0.1, 0.15) is 5.82 Å². The molecule has 102 valence electrons. The quantitative estimate of drug-likeness (QED) is 0.778. The van der Waals surface area contributed by atoms with Crippen LogP contribution >= 0.6 is 0 Å². The van der Waals surface area contributed by atoms with Gasteiger partial charge < -0.3 is 10.6 Å². The maximum Gasteiger partial charge on any atom is 0.126 e. The molecule has 0 fully saturated rings. The lowest BCUT2D eigenvalue weighted by Crippen LogP contribution is -2.14. The van der Waals surface area contributed by atoms with Crippen molar-refractivity contribution in [2.75, 3.05) is 18.4 Å². The van der Waals surface area contributed by atoms with Crippen molar-refractivity contribution in [3.63, 3.8) is 0 Å². The van der Waals surface area contributed by atoms with Gasteiger partial charge in [0.05, 0.1) is 0 Å². The molecule has 0 spiro atoms. The SMILES string of the molecule is CCNCc1cc(NCC(C)C)nc(C(C)C)c1. The minimum Gasteiger partial charge on any atom is -0.370 e. The first kappa shape index (κ1) is 15.0. The Balaban J connectivity index is 2.83. The molecule has 0 aliphatic carbocycles. The first-order chi connectivity index (χ1) is 8.52. The highest BCUT2D eigenvalue weighted by Gasteiger charge is 2.06. The zero-order chi connectivity index (χ0) is 13.5. The highest BCUT2D eigenvalue weighted by atomic mass is 15.0. The van der Waals surface area contributed by atoms with Crippen LogP contribution in [-0.4, -0.2) is 18.1 Å². The molecule has 1 aromatic rings. The summed E-state index contributed by atoms with van der Waals surface area (Å²) in [6.45, 7) is 13.8. The lowest BCUT2D eigenvalue weighted by molar-refractivity contribution is 0.684. The fourth-order valence-electron chi connectivity index (χ4n) is 1.68. The van der Waals surface area contributed by atoms with Gasteiger partial charge in [-0.15, -0.1) is 0 Å². The predicted molar refractivity (Wildman–Crippen MR) is 79.0 cm³/mol. The highest BCUT2D eigenvalue weighted by Crippen LogP contribution is 2.17. The second-order valence-electron chi connectivity index (χ2n) is 5.50. The van der Waals surface area contributed by atoms with Crippen LogP contribution in [0, 0.1) is 5.92 Å². The van der Waals surface area contributed by atoms with E-state index < -0.39 is 0 Å². The minimum absolute atomic E-state index is 0.464. The Kier molecular flexibility index (Phi) is 6.13. The molecule has 0 unspecified atom stereocenters. The molecule has 0 aromatic carbocycles. The average Bonchev–Trinajstić information content (AvgIpc) is 2.33. The Hall–Kier alpha value is -1.09. The van der Waals surface area contributed by atoms with Crippen molar-refractivity contribution in [2.24, 2.45) is 5.92 Å². The molecule has 1 heterocycles. The van der Waals surface area contributed by atoms with Crippen LogP contribution in [0.15, 0.2) is 12.1 Å². The number of hydrogen-bond donors (Lipinski definition) is 2. The van der Waals surface area contributed by atoms with Gasteiger partial charge in [-0.25, -0.2) is 4.98 Å². The first-order valence-corrected chi connectivity index (χ1v) is 6.98. The maximum absolute atomic E-state index is 4.67. The second-order valence-corrected chi connectivity index (χ2v) is 5.50. The van der Waals surface area contributed by atoms with E-state index >= 15 is 0 Å². The third kappa shape index (κ3) is 5.05. The van der Waals surface area contributed by atoms with Gasteiger partial charge in [0, 0.05) is 18.8 Å². The molecular weight excluding hydrogens is 222 g/mol. The maximum atomic E-state index is 4.67. The number of anilines is 1. The standard InChI is InChI=1S/C15H27N3/c1-6-16-10-13-7-14(12(4)5)18-15(8-13)17-9-11(2)3/h7-8,11-12,16H,6,9-10H2,1-5H3,(H,17,18). The van der Waals surface area contributed by atoms with E-state index in [1.54, 1.807) is 0 Å². The number of nitrogens with one attached hydrogen (secondary N) is 2. The van der Waals surface area contributed by atoms with Crippen molar-refractivity contribution in [1.82, 2.24) is 10.3 Å². The molecular formula is C15H27N3. The smallest absolute Gasteiger partial charge is 0.126 e. The fraction of sp³-hybridized carbons (Fsp3) is 0.667. The van der Waals surface area contributed by atoms with Crippen LogP contribution in [0.3, 0.4) is 0 Å². The molecule has 0 amide bonds. The van der Waals surface area contributed by atoms with E-state index in [9.17, 15) is 0 Å². The minimum atomic E-state index is 0.464. The third-order valence-electron chi connectivity index (χ3n) is 2.77. The van der Waals surface area contributed by atoms with Crippen LogP contribution < -0.4 is 10.6 Å². The van der Waals surface area contributed by atoms with Gasteiger partial charge >= 0.3 is 0 Å². The summed E-state index contributed by atoms with van der Waals surface area (Å²) in [4.78, 5) is 4.67. The van der Waals surface area contributed by atoms with E-state index in [0.717, 1.165) is 31.1 Å². The largest absolute Gasteiger partial charge is 0.370 e. The number of aromatic nitrogens is 1. The van der Waals surface area contributed by atoms with Crippen molar-refractivity contribution in [3.05, 3.63) is 23.4 Å². The van der Waals surface area contributed by atoms with E-state index in [1.807, 2.05) is 0 Å². The summed E-state index contributed by atoms with van der Waals surface area (Å²) in [6.07, 6.45) is 0.